The average Bonchev–Trinajstić information content (AvgIpc) is 2.99. The summed E-state index contributed by atoms with van der Waals surface area (Å²) in [6.07, 6.45) is 1.72. The predicted octanol–water partition coefficient (Wildman–Crippen LogP) is 1.44. The topological polar surface area (TPSA) is 52.7 Å². The van der Waals surface area contributed by atoms with E-state index in [1.807, 2.05) is 37.3 Å². The van der Waals surface area contributed by atoms with E-state index in [9.17, 15) is 8.42 Å². The van der Waals surface area contributed by atoms with Gasteiger partial charge < -0.3 is 5.32 Å². The van der Waals surface area contributed by atoms with Crippen molar-refractivity contribution in [2.45, 2.75) is 32.4 Å². The van der Waals surface area contributed by atoms with Crippen LogP contribution in [0.1, 0.15) is 25.3 Å². The van der Waals surface area contributed by atoms with Crippen molar-refractivity contribution in [2.75, 3.05) is 26.7 Å². The number of hydrogen-bond acceptors (Lipinski definition) is 3. The van der Waals surface area contributed by atoms with Gasteiger partial charge in [0.25, 0.3) is 10.2 Å². The molecule has 1 aliphatic heterocycles. The van der Waals surface area contributed by atoms with Gasteiger partial charge in [0.05, 0.1) is 0 Å². The molecule has 0 aliphatic carbocycles. The van der Waals surface area contributed by atoms with Crippen molar-refractivity contribution in [1.29, 1.82) is 0 Å². The van der Waals surface area contributed by atoms with E-state index in [0.717, 1.165) is 31.5 Å². The Labute approximate surface area is 128 Å². The third-order valence-corrected chi connectivity index (χ3v) is 5.81. The molecule has 1 aliphatic rings. The second-order valence-corrected chi connectivity index (χ2v) is 7.49. The van der Waals surface area contributed by atoms with Crippen molar-refractivity contribution in [3.8, 4) is 0 Å². The van der Waals surface area contributed by atoms with Crippen LogP contribution in [-0.4, -0.2) is 49.8 Å². The van der Waals surface area contributed by atoms with Crippen LogP contribution in [0.15, 0.2) is 30.3 Å². The van der Waals surface area contributed by atoms with Crippen molar-refractivity contribution in [2.24, 2.45) is 0 Å². The fourth-order valence-electron chi connectivity index (χ4n) is 2.69. The number of hydrogen-bond donors (Lipinski definition) is 1. The highest BCUT2D eigenvalue weighted by atomic mass is 32.2. The standard InChI is InChI=1S/C15H25N3O2S/c1-3-11-18(15-9-10-16-12-15)21(19,20)17(2)13-14-7-5-4-6-8-14/h4-8,15-16H,3,9-13H2,1-2H3. The summed E-state index contributed by atoms with van der Waals surface area (Å²) in [6.45, 7) is 4.64. The maximum absolute atomic E-state index is 12.8. The van der Waals surface area contributed by atoms with E-state index in [1.54, 1.807) is 11.4 Å². The Balaban J connectivity index is 2.13. The number of rotatable bonds is 7. The van der Waals surface area contributed by atoms with Gasteiger partial charge in [0, 0.05) is 32.7 Å². The molecule has 118 valence electrons. The average molecular weight is 311 g/mol. The largest absolute Gasteiger partial charge is 0.315 e. The Morgan fingerprint density at radius 3 is 2.57 bits per heavy atom. The second kappa shape index (κ2) is 7.35. The SMILES string of the molecule is CCCN(C1CCNC1)S(=O)(=O)N(C)Cc1ccccc1. The van der Waals surface area contributed by atoms with Crippen molar-refractivity contribution in [3.63, 3.8) is 0 Å². The smallest absolute Gasteiger partial charge is 0.282 e. The zero-order valence-electron chi connectivity index (χ0n) is 12.8. The first-order valence-electron chi connectivity index (χ1n) is 7.53. The summed E-state index contributed by atoms with van der Waals surface area (Å²) in [5.41, 5.74) is 1.00. The summed E-state index contributed by atoms with van der Waals surface area (Å²) in [5, 5.41) is 3.25. The Kier molecular flexibility index (Phi) is 5.75. The number of nitrogens with zero attached hydrogens (tertiary/aromatic N) is 2. The molecule has 1 heterocycles. The summed E-state index contributed by atoms with van der Waals surface area (Å²) in [6, 6.07) is 9.78. The molecule has 1 aromatic carbocycles. The summed E-state index contributed by atoms with van der Waals surface area (Å²) in [4.78, 5) is 0. The fraction of sp³-hybridized carbons (Fsp3) is 0.600. The van der Waals surface area contributed by atoms with E-state index in [4.69, 9.17) is 0 Å². The molecule has 0 aromatic heterocycles. The van der Waals surface area contributed by atoms with Gasteiger partial charge in [0.15, 0.2) is 0 Å². The predicted molar refractivity (Wildman–Crippen MR) is 85.1 cm³/mol. The minimum absolute atomic E-state index is 0.0770. The Hall–Kier alpha value is -0.950. The van der Waals surface area contributed by atoms with Gasteiger partial charge in [0.1, 0.15) is 0 Å². The first-order chi connectivity index (χ1) is 10.1. The highest BCUT2D eigenvalue weighted by Crippen LogP contribution is 2.18. The van der Waals surface area contributed by atoms with Gasteiger partial charge in [0.2, 0.25) is 0 Å². The summed E-state index contributed by atoms with van der Waals surface area (Å²) in [5.74, 6) is 0. The molecule has 0 radical (unpaired) electrons. The summed E-state index contributed by atoms with van der Waals surface area (Å²) in [7, 11) is -1.76. The molecule has 0 amide bonds. The molecule has 0 bridgehead atoms. The molecule has 1 aromatic rings. The van der Waals surface area contributed by atoms with Crippen LogP contribution < -0.4 is 5.32 Å². The Bertz CT molecular complexity index is 527. The van der Waals surface area contributed by atoms with Crippen molar-refractivity contribution < 1.29 is 8.42 Å². The van der Waals surface area contributed by atoms with Crippen LogP contribution in [-0.2, 0) is 16.8 Å². The minimum atomic E-state index is -3.42. The maximum atomic E-state index is 12.8. The molecule has 5 nitrogen and oxygen atoms in total. The van der Waals surface area contributed by atoms with Gasteiger partial charge >= 0.3 is 0 Å². The van der Waals surface area contributed by atoms with Crippen LogP contribution in [0.25, 0.3) is 0 Å². The lowest BCUT2D eigenvalue weighted by atomic mass is 10.2. The molecule has 2 rings (SSSR count). The van der Waals surface area contributed by atoms with E-state index in [1.165, 1.54) is 4.31 Å². The molecule has 1 unspecified atom stereocenters. The van der Waals surface area contributed by atoms with E-state index in [0.29, 0.717) is 13.1 Å². The van der Waals surface area contributed by atoms with Crippen LogP contribution in [0.4, 0.5) is 0 Å². The first-order valence-corrected chi connectivity index (χ1v) is 8.93. The number of benzene rings is 1. The van der Waals surface area contributed by atoms with Gasteiger partial charge in [-0.05, 0) is 24.9 Å². The van der Waals surface area contributed by atoms with Gasteiger partial charge in [-0.25, -0.2) is 0 Å². The molecule has 0 spiro atoms. The molecule has 21 heavy (non-hydrogen) atoms. The highest BCUT2D eigenvalue weighted by Gasteiger charge is 2.34. The molecule has 1 saturated heterocycles. The molecule has 1 atom stereocenters. The lowest BCUT2D eigenvalue weighted by Gasteiger charge is -2.31. The minimum Gasteiger partial charge on any atom is -0.315 e. The van der Waals surface area contributed by atoms with Gasteiger partial charge in [-0.2, -0.15) is 17.0 Å². The Morgan fingerprint density at radius 1 is 1.29 bits per heavy atom. The van der Waals surface area contributed by atoms with E-state index in [-0.39, 0.29) is 6.04 Å². The van der Waals surface area contributed by atoms with Crippen LogP contribution >= 0.6 is 0 Å². The normalized spacial score (nSPS) is 19.5. The summed E-state index contributed by atoms with van der Waals surface area (Å²) < 4.78 is 28.8. The van der Waals surface area contributed by atoms with Crippen LogP contribution in [0, 0.1) is 0 Å². The van der Waals surface area contributed by atoms with E-state index < -0.39 is 10.2 Å². The second-order valence-electron chi connectivity index (χ2n) is 5.51. The van der Waals surface area contributed by atoms with Gasteiger partial charge in [-0.3, -0.25) is 0 Å². The highest BCUT2D eigenvalue weighted by molar-refractivity contribution is 7.86. The van der Waals surface area contributed by atoms with Gasteiger partial charge in [-0.15, -0.1) is 0 Å². The molecule has 6 heteroatoms. The number of nitrogens with one attached hydrogen (secondary N) is 1. The summed E-state index contributed by atoms with van der Waals surface area (Å²) >= 11 is 0. The van der Waals surface area contributed by atoms with Crippen molar-refractivity contribution >= 4 is 10.2 Å². The lowest BCUT2D eigenvalue weighted by molar-refractivity contribution is 0.302. The molecule has 1 fully saturated rings. The van der Waals surface area contributed by atoms with E-state index >= 15 is 0 Å². The third kappa shape index (κ3) is 4.03. The molecule has 1 N–H and O–H groups in total. The zero-order valence-corrected chi connectivity index (χ0v) is 13.6. The quantitative estimate of drug-likeness (QED) is 0.829. The zero-order chi connectivity index (χ0) is 15.3. The van der Waals surface area contributed by atoms with E-state index in [2.05, 4.69) is 5.32 Å². The first kappa shape index (κ1) is 16.4. The monoisotopic (exact) mass is 311 g/mol. The lowest BCUT2D eigenvalue weighted by Crippen LogP contribution is -2.48. The van der Waals surface area contributed by atoms with Crippen molar-refractivity contribution in [1.82, 2.24) is 13.9 Å². The Morgan fingerprint density at radius 2 is 2.00 bits per heavy atom. The van der Waals surface area contributed by atoms with Crippen LogP contribution in [0.3, 0.4) is 0 Å². The molecule has 0 saturated carbocycles. The third-order valence-electron chi connectivity index (χ3n) is 3.82. The van der Waals surface area contributed by atoms with Gasteiger partial charge in [-0.1, -0.05) is 37.3 Å². The van der Waals surface area contributed by atoms with Crippen LogP contribution in [0.2, 0.25) is 0 Å². The van der Waals surface area contributed by atoms with Crippen molar-refractivity contribution in [3.05, 3.63) is 35.9 Å². The molecular formula is C15H25N3O2S. The molecular weight excluding hydrogens is 286 g/mol. The fourth-order valence-corrected chi connectivity index (χ4v) is 4.33. The van der Waals surface area contributed by atoms with Crippen LogP contribution in [0.5, 0.6) is 0 Å². The maximum Gasteiger partial charge on any atom is 0.282 e.